The molecule has 0 amide bonds. The van der Waals surface area contributed by atoms with E-state index in [1.54, 1.807) is 6.20 Å². The van der Waals surface area contributed by atoms with Crippen molar-refractivity contribution in [3.8, 4) is 11.1 Å². The second-order valence-electron chi connectivity index (χ2n) is 7.91. The number of ether oxygens (including phenoxy) is 1. The molecule has 4 heterocycles. The summed E-state index contributed by atoms with van der Waals surface area (Å²) in [6, 6.07) is 9.40. The molecule has 1 aliphatic heterocycles. The summed E-state index contributed by atoms with van der Waals surface area (Å²) < 4.78 is 36.3. The molecule has 6 nitrogen and oxygen atoms in total. The number of halogens is 2. The molecule has 164 valence electrons. The number of anilines is 1. The highest BCUT2D eigenvalue weighted by molar-refractivity contribution is 5.95. The Bertz CT molecular complexity index is 1360. The van der Waals surface area contributed by atoms with Gasteiger partial charge in [-0.25, -0.2) is 13.8 Å². The highest BCUT2D eigenvalue weighted by atomic mass is 19.2. The standard InChI is InChI=1S/C24H22F2N4O2/c1-28-15-20(19-12-18(13-27-24(19)28)29-7-9-32-10-8-29)16-5-6-30(22(31)11-16)14-17-3-2-4-21(25)23(17)26/h2-6,11-13,15H,7-10,14H2,1H3. The molecule has 0 unspecified atom stereocenters. The van der Waals surface area contributed by atoms with Crippen molar-refractivity contribution in [2.45, 2.75) is 6.54 Å². The number of morpholine rings is 1. The number of aryl methyl sites for hydroxylation is 1. The zero-order valence-corrected chi connectivity index (χ0v) is 17.6. The molecule has 1 aliphatic rings. The summed E-state index contributed by atoms with van der Waals surface area (Å²) in [6.45, 7) is 2.94. The summed E-state index contributed by atoms with van der Waals surface area (Å²) in [5, 5.41) is 0.949. The predicted molar refractivity (Wildman–Crippen MR) is 119 cm³/mol. The van der Waals surface area contributed by atoms with Gasteiger partial charge in [-0.1, -0.05) is 12.1 Å². The van der Waals surface area contributed by atoms with E-state index in [2.05, 4.69) is 16.0 Å². The van der Waals surface area contributed by atoms with Crippen LogP contribution in [0.15, 0.2) is 59.8 Å². The fourth-order valence-corrected chi connectivity index (χ4v) is 4.13. The lowest BCUT2D eigenvalue weighted by Crippen LogP contribution is -2.36. The lowest BCUT2D eigenvalue weighted by atomic mass is 10.1. The summed E-state index contributed by atoms with van der Waals surface area (Å²) in [5.74, 6) is -1.86. The minimum atomic E-state index is -0.931. The zero-order valence-electron chi connectivity index (χ0n) is 17.6. The normalized spacial score (nSPS) is 14.3. The van der Waals surface area contributed by atoms with Crippen LogP contribution in [0.5, 0.6) is 0 Å². The third kappa shape index (κ3) is 3.67. The van der Waals surface area contributed by atoms with E-state index in [1.165, 1.54) is 22.8 Å². The molecule has 5 rings (SSSR count). The molecule has 8 heteroatoms. The highest BCUT2D eigenvalue weighted by Crippen LogP contribution is 2.31. The van der Waals surface area contributed by atoms with Crippen molar-refractivity contribution < 1.29 is 13.5 Å². The van der Waals surface area contributed by atoms with E-state index in [4.69, 9.17) is 4.74 Å². The van der Waals surface area contributed by atoms with Crippen molar-refractivity contribution in [3.05, 3.63) is 82.5 Å². The van der Waals surface area contributed by atoms with Crippen LogP contribution >= 0.6 is 0 Å². The van der Waals surface area contributed by atoms with Gasteiger partial charge in [0.2, 0.25) is 0 Å². The molecule has 0 atom stereocenters. The van der Waals surface area contributed by atoms with Crippen LogP contribution in [0.25, 0.3) is 22.2 Å². The van der Waals surface area contributed by atoms with Crippen LogP contribution < -0.4 is 10.5 Å². The second-order valence-corrected chi connectivity index (χ2v) is 7.91. The Morgan fingerprint density at radius 3 is 2.72 bits per heavy atom. The molecule has 1 fully saturated rings. The average Bonchev–Trinajstić information content (AvgIpc) is 3.14. The Hall–Kier alpha value is -3.52. The maximum Gasteiger partial charge on any atom is 0.251 e. The minimum Gasteiger partial charge on any atom is -0.378 e. The van der Waals surface area contributed by atoms with E-state index in [1.807, 2.05) is 30.1 Å². The molecule has 0 spiro atoms. The number of nitrogens with zero attached hydrogens (tertiary/aromatic N) is 4. The van der Waals surface area contributed by atoms with E-state index in [0.29, 0.717) is 13.2 Å². The summed E-state index contributed by atoms with van der Waals surface area (Å²) in [4.78, 5) is 19.6. The van der Waals surface area contributed by atoms with E-state index in [9.17, 15) is 13.6 Å². The molecular weight excluding hydrogens is 414 g/mol. The first-order valence-corrected chi connectivity index (χ1v) is 10.4. The topological polar surface area (TPSA) is 52.3 Å². The van der Waals surface area contributed by atoms with Crippen molar-refractivity contribution in [3.63, 3.8) is 0 Å². The molecular formula is C24H22F2N4O2. The largest absolute Gasteiger partial charge is 0.378 e. The monoisotopic (exact) mass is 436 g/mol. The van der Waals surface area contributed by atoms with Gasteiger partial charge in [-0.2, -0.15) is 0 Å². The summed E-state index contributed by atoms with van der Waals surface area (Å²) >= 11 is 0. The Morgan fingerprint density at radius 1 is 1.12 bits per heavy atom. The van der Waals surface area contributed by atoms with Gasteiger partial charge in [0, 0.05) is 55.1 Å². The second kappa shape index (κ2) is 8.20. The Kier molecular flexibility index (Phi) is 5.22. The van der Waals surface area contributed by atoms with E-state index in [0.717, 1.165) is 47.0 Å². The third-order valence-electron chi connectivity index (χ3n) is 5.85. The van der Waals surface area contributed by atoms with Gasteiger partial charge in [0.25, 0.3) is 5.56 Å². The minimum absolute atomic E-state index is 0.0407. The summed E-state index contributed by atoms with van der Waals surface area (Å²) in [5.41, 5.74) is 3.32. The van der Waals surface area contributed by atoms with Gasteiger partial charge < -0.3 is 18.8 Å². The number of benzene rings is 1. The van der Waals surface area contributed by atoms with Gasteiger partial charge >= 0.3 is 0 Å². The summed E-state index contributed by atoms with van der Waals surface area (Å²) in [6.07, 6.45) is 5.43. The van der Waals surface area contributed by atoms with Crippen LogP contribution in [0.3, 0.4) is 0 Å². The highest BCUT2D eigenvalue weighted by Gasteiger charge is 2.16. The lowest BCUT2D eigenvalue weighted by molar-refractivity contribution is 0.122. The van der Waals surface area contributed by atoms with Crippen LogP contribution in [-0.4, -0.2) is 40.4 Å². The maximum absolute atomic E-state index is 14.0. The van der Waals surface area contributed by atoms with Crippen molar-refractivity contribution in [2.24, 2.45) is 7.05 Å². The van der Waals surface area contributed by atoms with Gasteiger partial charge in [0.15, 0.2) is 11.6 Å². The molecule has 0 aliphatic carbocycles. The fourth-order valence-electron chi connectivity index (χ4n) is 4.13. The molecule has 3 aromatic heterocycles. The first kappa shape index (κ1) is 20.4. The average molecular weight is 436 g/mol. The number of rotatable bonds is 4. The quantitative estimate of drug-likeness (QED) is 0.491. The van der Waals surface area contributed by atoms with E-state index in [-0.39, 0.29) is 17.7 Å². The molecule has 1 aromatic carbocycles. The Balaban J connectivity index is 1.51. The first-order valence-electron chi connectivity index (χ1n) is 10.4. The van der Waals surface area contributed by atoms with Crippen LogP contribution in [0.4, 0.5) is 14.5 Å². The van der Waals surface area contributed by atoms with Crippen LogP contribution in [0.1, 0.15) is 5.56 Å². The lowest BCUT2D eigenvalue weighted by Gasteiger charge is -2.28. The van der Waals surface area contributed by atoms with Crippen LogP contribution in [-0.2, 0) is 18.3 Å². The first-order chi connectivity index (χ1) is 15.5. The smallest absolute Gasteiger partial charge is 0.251 e. The molecule has 0 radical (unpaired) electrons. The third-order valence-corrected chi connectivity index (χ3v) is 5.85. The van der Waals surface area contributed by atoms with E-state index < -0.39 is 11.6 Å². The van der Waals surface area contributed by atoms with E-state index >= 15 is 0 Å². The maximum atomic E-state index is 14.0. The van der Waals surface area contributed by atoms with Crippen molar-refractivity contribution in [1.29, 1.82) is 0 Å². The Morgan fingerprint density at radius 2 is 1.94 bits per heavy atom. The number of fused-ring (bicyclic) bond motifs is 1. The van der Waals surface area contributed by atoms with Gasteiger partial charge in [0.05, 0.1) is 31.6 Å². The fraction of sp³-hybridized carbons (Fsp3) is 0.250. The molecule has 0 bridgehead atoms. The van der Waals surface area contributed by atoms with Crippen LogP contribution in [0, 0.1) is 11.6 Å². The predicted octanol–water partition coefficient (Wildman–Crippen LogP) is 3.57. The van der Waals surface area contributed by atoms with Gasteiger partial charge in [-0.15, -0.1) is 0 Å². The van der Waals surface area contributed by atoms with Gasteiger partial charge in [-0.3, -0.25) is 4.79 Å². The number of aromatic nitrogens is 3. The Labute approximate surface area is 183 Å². The molecule has 32 heavy (non-hydrogen) atoms. The van der Waals surface area contributed by atoms with Crippen molar-refractivity contribution in [2.75, 3.05) is 31.2 Å². The molecule has 0 saturated carbocycles. The van der Waals surface area contributed by atoms with Crippen LogP contribution in [0.2, 0.25) is 0 Å². The molecule has 1 saturated heterocycles. The number of hydrogen-bond donors (Lipinski definition) is 0. The number of hydrogen-bond acceptors (Lipinski definition) is 4. The number of pyridine rings is 2. The van der Waals surface area contributed by atoms with Crippen molar-refractivity contribution >= 4 is 16.7 Å². The van der Waals surface area contributed by atoms with Gasteiger partial charge in [0.1, 0.15) is 5.65 Å². The van der Waals surface area contributed by atoms with Crippen molar-refractivity contribution in [1.82, 2.24) is 14.1 Å². The van der Waals surface area contributed by atoms with Gasteiger partial charge in [-0.05, 0) is 23.8 Å². The summed E-state index contributed by atoms with van der Waals surface area (Å²) in [7, 11) is 1.92. The molecule has 4 aromatic rings. The molecule has 0 N–H and O–H groups in total. The SMILES string of the molecule is Cn1cc(-c2ccn(Cc3cccc(F)c3F)c(=O)c2)c2cc(N3CCOCC3)cnc21. The zero-order chi connectivity index (χ0) is 22.2.